The minimum atomic E-state index is 0.243. The maximum absolute atomic E-state index is 8.60. The van der Waals surface area contributed by atoms with E-state index in [9.17, 15) is 0 Å². The van der Waals surface area contributed by atoms with Crippen LogP contribution >= 0.6 is 23.2 Å². The summed E-state index contributed by atoms with van der Waals surface area (Å²) in [7, 11) is 3.30. The Morgan fingerprint density at radius 1 is 1.47 bits per heavy atom. The molecule has 5 heteroatoms. The monoisotopic (exact) mass is 244 g/mol. The number of anilines is 1. The van der Waals surface area contributed by atoms with E-state index < -0.39 is 0 Å². The fourth-order valence-electron chi connectivity index (χ4n) is 1.22. The van der Waals surface area contributed by atoms with E-state index in [0.717, 1.165) is 0 Å². The first kappa shape index (κ1) is 12.0. The summed E-state index contributed by atoms with van der Waals surface area (Å²) in [4.78, 5) is 1.72. The first-order valence-corrected chi connectivity index (χ1v) is 4.97. The third kappa shape index (κ3) is 2.68. The average Bonchev–Trinajstić information content (AvgIpc) is 2.17. The van der Waals surface area contributed by atoms with Gasteiger partial charge in [-0.15, -0.1) is 0 Å². The molecule has 1 aromatic carbocycles. The van der Waals surface area contributed by atoms with E-state index >= 15 is 0 Å². The topological polar surface area (TPSA) is 36.3 Å². The summed E-state index contributed by atoms with van der Waals surface area (Å²) in [5.41, 5.74) is 0.705. The van der Waals surface area contributed by atoms with Crippen LogP contribution in [0.25, 0.3) is 0 Å². The standard InChI is InChI=1S/C10H10Cl2N2O/c1-14(4-3-13)9-6-7(11)5-8(12)10(9)15-2/h5-6H,4H2,1-2H3. The van der Waals surface area contributed by atoms with Crippen molar-refractivity contribution in [3.05, 3.63) is 22.2 Å². The van der Waals surface area contributed by atoms with Crippen LogP contribution < -0.4 is 9.64 Å². The van der Waals surface area contributed by atoms with Crippen molar-refractivity contribution < 1.29 is 4.74 Å². The van der Waals surface area contributed by atoms with Gasteiger partial charge in [-0.2, -0.15) is 5.26 Å². The Morgan fingerprint density at radius 2 is 2.13 bits per heavy atom. The quantitative estimate of drug-likeness (QED) is 0.768. The Balaban J connectivity index is 3.20. The molecule has 0 radical (unpaired) electrons. The van der Waals surface area contributed by atoms with E-state index in [0.29, 0.717) is 21.5 Å². The predicted molar refractivity (Wildman–Crippen MR) is 61.9 cm³/mol. The molecule has 15 heavy (non-hydrogen) atoms. The number of benzene rings is 1. The van der Waals surface area contributed by atoms with E-state index in [4.69, 9.17) is 33.2 Å². The number of methoxy groups -OCH3 is 1. The highest BCUT2D eigenvalue weighted by Gasteiger charge is 2.12. The summed E-state index contributed by atoms with van der Waals surface area (Å²) < 4.78 is 5.16. The number of nitrogens with zero attached hydrogens (tertiary/aromatic N) is 2. The van der Waals surface area contributed by atoms with E-state index in [1.807, 2.05) is 6.07 Å². The lowest BCUT2D eigenvalue weighted by atomic mass is 10.2. The molecule has 80 valence electrons. The Bertz CT molecular complexity index is 401. The summed E-state index contributed by atoms with van der Waals surface area (Å²) in [6, 6.07) is 5.36. The lowest BCUT2D eigenvalue weighted by Gasteiger charge is -2.19. The largest absolute Gasteiger partial charge is 0.493 e. The molecule has 0 aliphatic heterocycles. The number of halogens is 2. The van der Waals surface area contributed by atoms with Gasteiger partial charge in [-0.25, -0.2) is 0 Å². The molecular formula is C10H10Cl2N2O. The number of nitriles is 1. The highest BCUT2D eigenvalue weighted by atomic mass is 35.5. The van der Waals surface area contributed by atoms with Crippen molar-refractivity contribution in [2.45, 2.75) is 0 Å². The van der Waals surface area contributed by atoms with Crippen LogP contribution in [0.5, 0.6) is 5.75 Å². The van der Waals surface area contributed by atoms with E-state index in [1.165, 1.54) is 7.11 Å². The predicted octanol–water partition coefficient (Wildman–Crippen LogP) is 2.96. The Kier molecular flexibility index (Phi) is 4.07. The molecule has 0 aliphatic carbocycles. The number of hydrogen-bond acceptors (Lipinski definition) is 3. The van der Waals surface area contributed by atoms with Gasteiger partial charge >= 0.3 is 0 Å². The Hall–Kier alpha value is -1.11. The summed E-state index contributed by atoms with van der Waals surface area (Å²) in [5, 5.41) is 9.55. The van der Waals surface area contributed by atoms with Crippen molar-refractivity contribution >= 4 is 28.9 Å². The number of rotatable bonds is 3. The van der Waals surface area contributed by atoms with Crippen LogP contribution in [0.1, 0.15) is 0 Å². The van der Waals surface area contributed by atoms with Gasteiger partial charge in [0.1, 0.15) is 6.54 Å². The minimum absolute atomic E-state index is 0.243. The fraction of sp³-hybridized carbons (Fsp3) is 0.300. The molecule has 0 aromatic heterocycles. The molecular weight excluding hydrogens is 235 g/mol. The molecule has 0 atom stereocenters. The lowest BCUT2D eigenvalue weighted by Crippen LogP contribution is -2.17. The highest BCUT2D eigenvalue weighted by Crippen LogP contribution is 2.37. The smallest absolute Gasteiger partial charge is 0.160 e. The molecule has 0 heterocycles. The van der Waals surface area contributed by atoms with E-state index in [2.05, 4.69) is 0 Å². The first-order valence-electron chi connectivity index (χ1n) is 4.21. The highest BCUT2D eigenvalue weighted by molar-refractivity contribution is 6.36. The second-order valence-corrected chi connectivity index (χ2v) is 3.80. The third-order valence-electron chi connectivity index (χ3n) is 1.91. The Morgan fingerprint density at radius 3 is 2.67 bits per heavy atom. The zero-order valence-corrected chi connectivity index (χ0v) is 9.93. The second kappa shape index (κ2) is 5.11. The molecule has 0 unspecified atom stereocenters. The maximum Gasteiger partial charge on any atom is 0.160 e. The molecule has 1 aromatic rings. The van der Waals surface area contributed by atoms with Crippen LogP contribution in [0.3, 0.4) is 0 Å². The van der Waals surface area contributed by atoms with Crippen LogP contribution in [-0.4, -0.2) is 20.7 Å². The van der Waals surface area contributed by atoms with Crippen molar-refractivity contribution in [2.75, 3.05) is 25.6 Å². The summed E-state index contributed by atoms with van der Waals surface area (Å²) in [6.07, 6.45) is 0. The molecule has 0 N–H and O–H groups in total. The fourth-order valence-corrected chi connectivity index (χ4v) is 1.78. The molecule has 0 spiro atoms. The van der Waals surface area contributed by atoms with Crippen LogP contribution in [0, 0.1) is 11.3 Å². The van der Waals surface area contributed by atoms with Gasteiger partial charge in [0.2, 0.25) is 0 Å². The molecule has 0 fully saturated rings. The van der Waals surface area contributed by atoms with Gasteiger partial charge in [-0.1, -0.05) is 23.2 Å². The molecule has 3 nitrogen and oxygen atoms in total. The van der Waals surface area contributed by atoms with Gasteiger partial charge < -0.3 is 9.64 Å². The maximum atomic E-state index is 8.60. The SMILES string of the molecule is COc1c(Cl)cc(Cl)cc1N(C)CC#N. The van der Waals surface area contributed by atoms with Gasteiger partial charge in [-0.3, -0.25) is 0 Å². The second-order valence-electron chi connectivity index (χ2n) is 2.95. The van der Waals surface area contributed by atoms with Gasteiger partial charge in [0.15, 0.2) is 5.75 Å². The van der Waals surface area contributed by atoms with E-state index in [-0.39, 0.29) is 6.54 Å². The average molecular weight is 245 g/mol. The van der Waals surface area contributed by atoms with Gasteiger partial charge in [0, 0.05) is 12.1 Å². The van der Waals surface area contributed by atoms with Crippen molar-refractivity contribution in [3.8, 4) is 11.8 Å². The number of hydrogen-bond donors (Lipinski definition) is 0. The van der Waals surface area contributed by atoms with Crippen molar-refractivity contribution in [1.82, 2.24) is 0 Å². The van der Waals surface area contributed by atoms with Crippen molar-refractivity contribution in [3.63, 3.8) is 0 Å². The van der Waals surface area contributed by atoms with Gasteiger partial charge in [0.05, 0.1) is 23.9 Å². The molecule has 0 aliphatic rings. The van der Waals surface area contributed by atoms with E-state index in [1.54, 1.807) is 24.1 Å². The Labute approximate surface area is 98.8 Å². The third-order valence-corrected chi connectivity index (χ3v) is 2.41. The van der Waals surface area contributed by atoms with Crippen molar-refractivity contribution in [1.29, 1.82) is 5.26 Å². The summed E-state index contributed by atoms with van der Waals surface area (Å²) in [6.45, 7) is 0.243. The normalized spacial score (nSPS) is 9.53. The first-order chi connectivity index (χ1) is 7.10. The van der Waals surface area contributed by atoms with Gasteiger partial charge in [-0.05, 0) is 12.1 Å². The van der Waals surface area contributed by atoms with Crippen LogP contribution in [-0.2, 0) is 0 Å². The summed E-state index contributed by atoms with van der Waals surface area (Å²) >= 11 is 11.8. The minimum Gasteiger partial charge on any atom is -0.493 e. The molecule has 0 bridgehead atoms. The summed E-state index contributed by atoms with van der Waals surface area (Å²) in [5.74, 6) is 0.527. The van der Waals surface area contributed by atoms with Crippen LogP contribution in [0.4, 0.5) is 5.69 Å². The van der Waals surface area contributed by atoms with Crippen LogP contribution in [0.2, 0.25) is 10.0 Å². The number of ether oxygens (including phenoxy) is 1. The molecule has 0 saturated carbocycles. The molecule has 0 saturated heterocycles. The lowest BCUT2D eigenvalue weighted by molar-refractivity contribution is 0.415. The van der Waals surface area contributed by atoms with Crippen LogP contribution in [0.15, 0.2) is 12.1 Å². The molecule has 1 rings (SSSR count). The zero-order valence-electron chi connectivity index (χ0n) is 8.42. The van der Waals surface area contributed by atoms with Crippen molar-refractivity contribution in [2.24, 2.45) is 0 Å². The molecule has 0 amide bonds. The van der Waals surface area contributed by atoms with Gasteiger partial charge in [0.25, 0.3) is 0 Å². The zero-order chi connectivity index (χ0) is 11.4.